The zero-order valence-electron chi connectivity index (χ0n) is 23.7. The third-order valence-corrected chi connectivity index (χ3v) is 8.63. The number of amides is 2. The van der Waals surface area contributed by atoms with Crippen LogP contribution >= 0.6 is 62.5 Å². The number of halogens is 4. The number of nitrogens with zero attached hydrogens (tertiary/aromatic N) is 2. The van der Waals surface area contributed by atoms with Crippen LogP contribution in [0.15, 0.2) is 89.7 Å². The highest BCUT2D eigenvalue weighted by Gasteiger charge is 2.54. The second kappa shape index (κ2) is 16.0. The maximum atomic E-state index is 13.7. The number of esters is 2. The van der Waals surface area contributed by atoms with Gasteiger partial charge in [-0.25, -0.2) is 9.59 Å². The van der Waals surface area contributed by atoms with Crippen LogP contribution in [0.4, 0.5) is 0 Å². The molecule has 2 aliphatic rings. The zero-order chi connectivity index (χ0) is 33.4. The van der Waals surface area contributed by atoms with Crippen LogP contribution in [0, 0.1) is 0 Å². The second-order valence-electron chi connectivity index (χ2n) is 9.59. The molecule has 2 aromatic rings. The van der Waals surface area contributed by atoms with E-state index in [0.29, 0.717) is 5.57 Å². The summed E-state index contributed by atoms with van der Waals surface area (Å²) in [6.07, 6.45) is 0.718. The summed E-state index contributed by atoms with van der Waals surface area (Å²) in [5.41, 5.74) is 1.24. The fraction of sp³-hybridized carbons (Fsp3) is 0.267. The van der Waals surface area contributed by atoms with Crippen molar-refractivity contribution in [2.75, 3.05) is 24.3 Å². The number of fused-ring (bicyclic) bond motifs is 1. The monoisotopic (exact) mass is 771 g/mol. The van der Waals surface area contributed by atoms with Gasteiger partial charge in [-0.1, -0.05) is 129 Å². The normalized spacial score (nSPS) is 17.9. The second-order valence-corrected chi connectivity index (χ2v) is 13.8. The molecule has 11 nitrogen and oxygen atoms in total. The van der Waals surface area contributed by atoms with Gasteiger partial charge in [0.25, 0.3) is 11.8 Å². The Morgan fingerprint density at radius 2 is 1.70 bits per heavy atom. The molecule has 2 aliphatic heterocycles. The van der Waals surface area contributed by atoms with Gasteiger partial charge in [-0.3, -0.25) is 19.3 Å². The molecule has 2 atom stereocenters. The first-order valence-corrected chi connectivity index (χ1v) is 16.7. The number of alkyl halides is 4. The Morgan fingerprint density at radius 1 is 1.09 bits per heavy atom. The fourth-order valence-electron chi connectivity index (χ4n) is 4.38. The summed E-state index contributed by atoms with van der Waals surface area (Å²) >= 11 is 20.8. The topological polar surface area (TPSA) is 141 Å². The van der Waals surface area contributed by atoms with E-state index in [1.807, 2.05) is 60.7 Å². The molecule has 1 N–H and O–H groups in total. The van der Waals surface area contributed by atoms with E-state index in [4.69, 9.17) is 49.1 Å². The van der Waals surface area contributed by atoms with E-state index in [9.17, 15) is 24.0 Å². The quantitative estimate of drug-likeness (QED) is 0.0784. The van der Waals surface area contributed by atoms with Crippen molar-refractivity contribution in [1.82, 2.24) is 10.2 Å². The average Bonchev–Trinajstić information content (AvgIpc) is 3.06. The van der Waals surface area contributed by atoms with E-state index in [1.165, 1.54) is 22.7 Å². The number of thioether (sulfide) groups is 1. The van der Waals surface area contributed by atoms with Crippen LogP contribution in [0.25, 0.3) is 0 Å². The van der Waals surface area contributed by atoms with Crippen molar-refractivity contribution in [3.63, 3.8) is 0 Å². The average molecular weight is 774 g/mol. The number of carbonyl (C=O) groups is 5. The maximum absolute atomic E-state index is 13.7. The highest BCUT2D eigenvalue weighted by molar-refractivity contribution is 9.09. The SMILES string of the molecule is C=CC1=C(C(=O)OC(c2ccccc2)c2ccccc2)N2C(=O)C(NC(=O)C(=NOCC(=O)OCC(Cl)(Cl)Cl)C(=O)CBr)[C@H]2SC1. The van der Waals surface area contributed by atoms with E-state index in [-0.39, 0.29) is 16.8 Å². The van der Waals surface area contributed by atoms with Gasteiger partial charge in [0.1, 0.15) is 23.7 Å². The van der Waals surface area contributed by atoms with Crippen molar-refractivity contribution in [1.29, 1.82) is 0 Å². The minimum Gasteiger partial charge on any atom is -0.459 e. The van der Waals surface area contributed by atoms with Crippen LogP contribution in [0.3, 0.4) is 0 Å². The standard InChI is InChI=1S/C30H25BrCl3N3O8S/c1-2-17-15-46-28-23(35-26(40)22(20(38)13-31)36-44-14-21(39)43-16-30(32,33)34)27(41)37(28)24(17)29(42)45-25(18-9-5-3-6-10-18)19-11-7-4-8-12-19/h2-12,23,25,28H,1,13-16H2,(H,35,40)/t23?,28-/m1/s1. The first-order chi connectivity index (χ1) is 21.9. The molecule has 2 amide bonds. The van der Waals surface area contributed by atoms with E-state index in [1.54, 1.807) is 0 Å². The number of nitrogens with one attached hydrogen (secondary N) is 1. The number of oxime groups is 1. The molecule has 0 aromatic heterocycles. The molecule has 0 saturated carbocycles. The number of rotatable bonds is 13. The Bertz CT molecular complexity index is 1530. The number of ether oxygens (including phenoxy) is 2. The van der Waals surface area contributed by atoms with Crippen molar-refractivity contribution >= 4 is 97.7 Å². The van der Waals surface area contributed by atoms with Crippen LogP contribution in [0.5, 0.6) is 0 Å². The molecule has 46 heavy (non-hydrogen) atoms. The lowest BCUT2D eigenvalue weighted by Crippen LogP contribution is -2.71. The van der Waals surface area contributed by atoms with Crippen LogP contribution in [0.2, 0.25) is 0 Å². The van der Waals surface area contributed by atoms with Crippen LogP contribution in [-0.4, -0.2) is 79.7 Å². The lowest BCUT2D eigenvalue weighted by Gasteiger charge is -2.49. The van der Waals surface area contributed by atoms with Gasteiger partial charge < -0.3 is 19.6 Å². The molecule has 0 bridgehead atoms. The predicted molar refractivity (Wildman–Crippen MR) is 177 cm³/mol. The molecule has 1 fully saturated rings. The number of ketones is 1. The van der Waals surface area contributed by atoms with E-state index in [2.05, 4.69) is 33.0 Å². The van der Waals surface area contributed by atoms with Crippen LogP contribution < -0.4 is 5.32 Å². The van der Waals surface area contributed by atoms with Gasteiger partial charge in [0.15, 0.2) is 6.10 Å². The molecule has 4 rings (SSSR count). The van der Waals surface area contributed by atoms with E-state index < -0.39 is 69.8 Å². The smallest absolute Gasteiger partial charge is 0.356 e. The minimum atomic E-state index is -1.85. The molecule has 2 aromatic carbocycles. The maximum Gasteiger partial charge on any atom is 0.356 e. The number of benzene rings is 2. The van der Waals surface area contributed by atoms with Crippen molar-refractivity contribution in [2.45, 2.75) is 21.3 Å². The van der Waals surface area contributed by atoms with Gasteiger partial charge >= 0.3 is 11.9 Å². The van der Waals surface area contributed by atoms with Gasteiger partial charge in [0, 0.05) is 5.75 Å². The van der Waals surface area contributed by atoms with Crippen molar-refractivity contribution in [3.05, 3.63) is 95.7 Å². The molecule has 2 heterocycles. The molecule has 0 aliphatic carbocycles. The molecule has 0 spiro atoms. The van der Waals surface area contributed by atoms with Crippen LogP contribution in [-0.2, 0) is 38.3 Å². The largest absolute Gasteiger partial charge is 0.459 e. The minimum absolute atomic E-state index is 0.00763. The highest BCUT2D eigenvalue weighted by atomic mass is 79.9. The van der Waals surface area contributed by atoms with Crippen molar-refractivity contribution in [3.8, 4) is 0 Å². The zero-order valence-corrected chi connectivity index (χ0v) is 28.4. The number of allylic oxidation sites excluding steroid dienone is 1. The summed E-state index contributed by atoms with van der Waals surface area (Å²) in [6.45, 7) is 2.44. The van der Waals surface area contributed by atoms with Gasteiger partial charge in [0.2, 0.25) is 21.9 Å². The molecule has 1 saturated heterocycles. The Hall–Kier alpha value is -3.36. The van der Waals surface area contributed by atoms with Crippen LogP contribution in [0.1, 0.15) is 17.2 Å². The Kier molecular flexibility index (Phi) is 12.3. The van der Waals surface area contributed by atoms with Crippen molar-refractivity contribution < 1.29 is 38.3 Å². The number of carbonyl (C=O) groups excluding carboxylic acids is 5. The molecule has 0 radical (unpaired) electrons. The predicted octanol–water partition coefficient (Wildman–Crippen LogP) is 4.41. The summed E-state index contributed by atoms with van der Waals surface area (Å²) in [7, 11) is 0. The Morgan fingerprint density at radius 3 is 2.24 bits per heavy atom. The summed E-state index contributed by atoms with van der Waals surface area (Å²) in [4.78, 5) is 70.5. The van der Waals surface area contributed by atoms with Gasteiger partial charge in [-0.05, 0) is 16.7 Å². The molecular weight excluding hydrogens is 749 g/mol. The molecule has 16 heteroatoms. The number of Topliss-reactive ketones (excluding diaryl/α,β-unsaturated/α-hetero) is 1. The van der Waals surface area contributed by atoms with Gasteiger partial charge in [-0.2, -0.15) is 0 Å². The molecular formula is C30H25BrCl3N3O8S. The lowest BCUT2D eigenvalue weighted by molar-refractivity contribution is -0.154. The molecule has 1 unspecified atom stereocenters. The first-order valence-electron chi connectivity index (χ1n) is 13.4. The highest BCUT2D eigenvalue weighted by Crippen LogP contribution is 2.42. The summed E-state index contributed by atoms with van der Waals surface area (Å²) in [5, 5.41) is 4.94. The lowest BCUT2D eigenvalue weighted by atomic mass is 10.0. The number of hydrogen-bond donors (Lipinski definition) is 1. The summed E-state index contributed by atoms with van der Waals surface area (Å²) in [6, 6.07) is 17.2. The number of hydrogen-bond acceptors (Lipinski definition) is 10. The third-order valence-electron chi connectivity index (χ3n) is 6.49. The van der Waals surface area contributed by atoms with Crippen molar-refractivity contribution in [2.24, 2.45) is 5.16 Å². The first kappa shape index (κ1) is 35.5. The van der Waals surface area contributed by atoms with Gasteiger partial charge in [0.05, 0.1) is 5.33 Å². The summed E-state index contributed by atoms with van der Waals surface area (Å²) < 4.78 is 8.86. The number of β-lactam (4-membered cyclic amide) rings is 1. The third kappa shape index (κ3) is 8.71. The Labute approximate surface area is 291 Å². The van der Waals surface area contributed by atoms with E-state index >= 15 is 0 Å². The fourth-order valence-corrected chi connectivity index (χ4v) is 6.15. The summed E-state index contributed by atoms with van der Waals surface area (Å²) in [5.74, 6) is -3.88. The van der Waals surface area contributed by atoms with Gasteiger partial charge in [-0.15, -0.1) is 11.8 Å². The Balaban J connectivity index is 1.48. The van der Waals surface area contributed by atoms with E-state index in [0.717, 1.165) is 11.1 Å². The molecule has 242 valence electrons.